The lowest BCUT2D eigenvalue weighted by Crippen LogP contribution is -2.46. The molecule has 4 rings (SSSR count). The van der Waals surface area contributed by atoms with Gasteiger partial charge in [-0.2, -0.15) is 0 Å². The van der Waals surface area contributed by atoms with Gasteiger partial charge in [-0.05, 0) is 53.3 Å². The number of amides is 2. The maximum absolute atomic E-state index is 13.7. The number of hydrogen-bond donors (Lipinski definition) is 0. The molecule has 2 aromatic carbocycles. The van der Waals surface area contributed by atoms with E-state index < -0.39 is 0 Å². The Kier molecular flexibility index (Phi) is 7.78. The fourth-order valence-corrected chi connectivity index (χ4v) is 5.36. The van der Waals surface area contributed by atoms with Gasteiger partial charge in [0.2, 0.25) is 5.91 Å². The topological polar surface area (TPSA) is 59.1 Å². The second-order valence-corrected chi connectivity index (χ2v) is 9.60. The van der Waals surface area contributed by atoms with Gasteiger partial charge in [-0.15, -0.1) is 17.9 Å². The zero-order valence-electron chi connectivity index (χ0n) is 19.7. The number of benzene rings is 2. The zero-order valence-corrected chi connectivity index (χ0v) is 21.3. The molecular weight excluding hydrogens is 484 g/mol. The third-order valence-corrected chi connectivity index (χ3v) is 7.28. The van der Waals surface area contributed by atoms with E-state index in [9.17, 15) is 9.59 Å². The molecule has 1 unspecified atom stereocenters. The van der Waals surface area contributed by atoms with Crippen molar-refractivity contribution >= 4 is 34.8 Å². The maximum atomic E-state index is 13.7. The molecule has 0 spiro atoms. The van der Waals surface area contributed by atoms with Gasteiger partial charge in [0, 0.05) is 34.6 Å². The number of rotatable bonds is 8. The first kappa shape index (κ1) is 24.8. The highest BCUT2D eigenvalue weighted by molar-refractivity contribution is 7.10. The van der Waals surface area contributed by atoms with Gasteiger partial charge in [-0.25, -0.2) is 0 Å². The Hall–Kier alpha value is -3.29. The van der Waals surface area contributed by atoms with E-state index in [4.69, 9.17) is 21.1 Å². The smallest absolute Gasteiger partial charge is 0.254 e. The lowest BCUT2D eigenvalue weighted by Gasteiger charge is -2.37. The first-order chi connectivity index (χ1) is 16.9. The molecule has 2 amide bonds. The molecule has 1 aromatic heterocycles. The summed E-state index contributed by atoms with van der Waals surface area (Å²) < 4.78 is 10.6. The second-order valence-electron chi connectivity index (χ2n) is 8.17. The number of fused-ring (bicyclic) bond motifs is 1. The number of methoxy groups -OCH3 is 2. The van der Waals surface area contributed by atoms with Crippen LogP contribution in [0.2, 0.25) is 5.02 Å². The molecule has 0 bridgehead atoms. The number of halogens is 1. The van der Waals surface area contributed by atoms with E-state index in [0.29, 0.717) is 28.6 Å². The molecule has 8 heteroatoms. The Morgan fingerprint density at radius 2 is 1.83 bits per heavy atom. The molecule has 1 atom stereocenters. The fourth-order valence-electron chi connectivity index (χ4n) is 4.33. The summed E-state index contributed by atoms with van der Waals surface area (Å²) in [6.07, 6.45) is 2.40. The van der Waals surface area contributed by atoms with Crippen molar-refractivity contribution in [1.29, 1.82) is 0 Å². The molecule has 0 saturated carbocycles. The van der Waals surface area contributed by atoms with Crippen LogP contribution in [-0.2, 0) is 11.2 Å². The Labute approximate surface area is 214 Å². The molecule has 0 aliphatic carbocycles. The summed E-state index contributed by atoms with van der Waals surface area (Å²) in [5.41, 5.74) is 2.49. The maximum Gasteiger partial charge on any atom is 0.254 e. The van der Waals surface area contributed by atoms with Crippen LogP contribution in [0.15, 0.2) is 66.6 Å². The summed E-state index contributed by atoms with van der Waals surface area (Å²) in [7, 11) is 3.06. The summed E-state index contributed by atoms with van der Waals surface area (Å²) in [5.74, 6) is 0.571. The van der Waals surface area contributed by atoms with Crippen LogP contribution in [0.25, 0.3) is 0 Å². The van der Waals surface area contributed by atoms with E-state index >= 15 is 0 Å². The highest BCUT2D eigenvalue weighted by Gasteiger charge is 2.34. The van der Waals surface area contributed by atoms with Gasteiger partial charge in [0.25, 0.3) is 5.91 Å². The van der Waals surface area contributed by atoms with Crippen LogP contribution in [0.3, 0.4) is 0 Å². The minimum atomic E-state index is -0.299. The molecule has 1 aliphatic heterocycles. The summed E-state index contributed by atoms with van der Waals surface area (Å²) in [4.78, 5) is 31.7. The van der Waals surface area contributed by atoms with Crippen molar-refractivity contribution in [3.05, 3.63) is 93.2 Å². The van der Waals surface area contributed by atoms with Crippen molar-refractivity contribution in [2.75, 3.05) is 33.9 Å². The van der Waals surface area contributed by atoms with Gasteiger partial charge >= 0.3 is 0 Å². The van der Waals surface area contributed by atoms with Crippen LogP contribution in [0.4, 0.5) is 0 Å². The summed E-state index contributed by atoms with van der Waals surface area (Å²) >= 11 is 7.82. The highest BCUT2D eigenvalue weighted by Crippen LogP contribution is 2.38. The molecule has 0 radical (unpaired) electrons. The minimum Gasteiger partial charge on any atom is -0.497 e. The second kappa shape index (κ2) is 11.0. The van der Waals surface area contributed by atoms with Crippen LogP contribution in [-0.4, -0.2) is 55.5 Å². The minimum absolute atomic E-state index is 0.0755. The first-order valence-electron chi connectivity index (χ1n) is 11.2. The van der Waals surface area contributed by atoms with Gasteiger partial charge < -0.3 is 19.3 Å². The predicted octanol–water partition coefficient (Wildman–Crippen LogP) is 5.22. The first-order valence-corrected chi connectivity index (χ1v) is 12.4. The van der Waals surface area contributed by atoms with Crippen molar-refractivity contribution in [2.45, 2.75) is 12.5 Å². The summed E-state index contributed by atoms with van der Waals surface area (Å²) in [5, 5.41) is 2.70. The van der Waals surface area contributed by atoms with Gasteiger partial charge in [0.1, 0.15) is 18.0 Å². The number of carbonyl (C=O) groups is 2. The molecule has 0 fully saturated rings. The van der Waals surface area contributed by atoms with Gasteiger partial charge in [0.05, 0.1) is 20.3 Å². The Morgan fingerprint density at radius 1 is 1.14 bits per heavy atom. The van der Waals surface area contributed by atoms with Gasteiger partial charge in [-0.1, -0.05) is 29.8 Å². The molecule has 0 N–H and O–H groups in total. The molecule has 1 aliphatic rings. The largest absolute Gasteiger partial charge is 0.497 e. The van der Waals surface area contributed by atoms with Crippen molar-refractivity contribution < 1.29 is 19.1 Å². The molecule has 3 aromatic rings. The van der Waals surface area contributed by atoms with E-state index in [1.165, 1.54) is 24.0 Å². The average molecular weight is 511 g/mol. The summed E-state index contributed by atoms with van der Waals surface area (Å²) in [6, 6.07) is 14.4. The lowest BCUT2D eigenvalue weighted by molar-refractivity contribution is -0.133. The zero-order chi connectivity index (χ0) is 24.9. The molecular formula is C27H27ClN2O4S. The van der Waals surface area contributed by atoms with Crippen molar-refractivity contribution in [1.82, 2.24) is 9.80 Å². The molecule has 0 saturated heterocycles. The third-order valence-electron chi connectivity index (χ3n) is 6.03. The molecule has 6 nitrogen and oxygen atoms in total. The van der Waals surface area contributed by atoms with E-state index in [2.05, 4.69) is 18.0 Å². The fraction of sp³-hybridized carbons (Fsp3) is 0.259. The van der Waals surface area contributed by atoms with Crippen LogP contribution >= 0.6 is 22.9 Å². The Balaban J connectivity index is 1.62. The monoisotopic (exact) mass is 510 g/mol. The molecule has 182 valence electrons. The van der Waals surface area contributed by atoms with E-state index in [-0.39, 0.29) is 30.9 Å². The number of thiophene rings is 1. The van der Waals surface area contributed by atoms with Crippen LogP contribution < -0.4 is 9.47 Å². The van der Waals surface area contributed by atoms with E-state index in [1.807, 2.05) is 29.2 Å². The van der Waals surface area contributed by atoms with Crippen molar-refractivity contribution in [3.8, 4) is 11.5 Å². The number of nitrogens with zero attached hydrogens (tertiary/aromatic N) is 2. The van der Waals surface area contributed by atoms with Crippen LogP contribution in [0.1, 0.15) is 32.4 Å². The molecule has 35 heavy (non-hydrogen) atoms. The molecule has 2 heterocycles. The van der Waals surface area contributed by atoms with Crippen LogP contribution in [0.5, 0.6) is 11.5 Å². The standard InChI is InChI=1S/C27H27ClN2O4S/c1-4-11-29(27(32)19-14-21(33-2)16-22(15-19)34-3)17-25(31)30-12-9-24-23(10-13-35-24)26(30)18-5-7-20(28)8-6-18/h4-8,10,13-16,26H,1,9,11-12,17H2,2-3H3. The third kappa shape index (κ3) is 5.36. The summed E-state index contributed by atoms with van der Waals surface area (Å²) in [6.45, 7) is 4.50. The number of ether oxygens (including phenoxy) is 2. The van der Waals surface area contributed by atoms with Gasteiger partial charge in [0.15, 0.2) is 0 Å². The quantitative estimate of drug-likeness (QED) is 0.390. The normalized spacial score (nSPS) is 14.7. The number of hydrogen-bond acceptors (Lipinski definition) is 5. The van der Waals surface area contributed by atoms with Crippen molar-refractivity contribution in [3.63, 3.8) is 0 Å². The Bertz CT molecular complexity index is 1200. The highest BCUT2D eigenvalue weighted by atomic mass is 35.5. The number of carbonyl (C=O) groups excluding carboxylic acids is 2. The van der Waals surface area contributed by atoms with Crippen molar-refractivity contribution in [2.24, 2.45) is 0 Å². The van der Waals surface area contributed by atoms with E-state index in [1.54, 1.807) is 35.6 Å². The van der Waals surface area contributed by atoms with Crippen LogP contribution in [0, 0.1) is 0 Å². The van der Waals surface area contributed by atoms with Gasteiger partial charge in [-0.3, -0.25) is 9.59 Å². The Morgan fingerprint density at radius 3 is 2.46 bits per heavy atom. The van der Waals surface area contributed by atoms with E-state index in [0.717, 1.165) is 17.5 Å². The average Bonchev–Trinajstić information content (AvgIpc) is 3.36. The predicted molar refractivity (Wildman–Crippen MR) is 139 cm³/mol. The SMILES string of the molecule is C=CCN(CC(=O)N1CCc2sccc2C1c1ccc(Cl)cc1)C(=O)c1cc(OC)cc(OC)c1. The lowest BCUT2D eigenvalue weighted by atomic mass is 9.93.